The van der Waals surface area contributed by atoms with E-state index in [2.05, 4.69) is 49.4 Å². The summed E-state index contributed by atoms with van der Waals surface area (Å²) in [5, 5.41) is 3.97. The third-order valence-corrected chi connectivity index (χ3v) is 6.70. The lowest BCUT2D eigenvalue weighted by atomic mass is 10.2. The van der Waals surface area contributed by atoms with Crippen LogP contribution in [0.25, 0.3) is 0 Å². The molecule has 1 aromatic heterocycles. The molecule has 34 heavy (non-hydrogen) atoms. The molecule has 0 unspecified atom stereocenters. The molecule has 0 bridgehead atoms. The molecule has 4 rings (SSSR count). The van der Waals surface area contributed by atoms with Crippen LogP contribution in [-0.2, 0) is 4.79 Å². The Balaban J connectivity index is 1.38. The van der Waals surface area contributed by atoms with E-state index in [-0.39, 0.29) is 11.7 Å². The molecule has 1 aliphatic rings. The average molecular weight is 500 g/mol. The van der Waals surface area contributed by atoms with Crippen LogP contribution in [0, 0.1) is 0 Å². The minimum Gasteiger partial charge on any atom is -0.495 e. The highest BCUT2D eigenvalue weighted by Gasteiger charge is 2.22. The highest BCUT2D eigenvalue weighted by molar-refractivity contribution is 8.00. The van der Waals surface area contributed by atoms with Gasteiger partial charge in [0.15, 0.2) is 5.82 Å². The number of nitrogens with one attached hydrogen (secondary N) is 1. The number of aromatic nitrogens is 2. The van der Waals surface area contributed by atoms with E-state index in [9.17, 15) is 4.79 Å². The molecule has 3 aromatic rings. The minimum absolute atomic E-state index is 0.169. The van der Waals surface area contributed by atoms with Crippen molar-refractivity contribution in [3.63, 3.8) is 0 Å². The topological polar surface area (TPSA) is 79.8 Å². The van der Waals surface area contributed by atoms with Crippen LogP contribution in [-0.4, -0.2) is 62.0 Å². The van der Waals surface area contributed by atoms with Crippen molar-refractivity contribution in [2.75, 3.05) is 61.3 Å². The summed E-state index contributed by atoms with van der Waals surface area (Å²) in [6.07, 6.45) is 3.34. The van der Waals surface area contributed by atoms with E-state index in [4.69, 9.17) is 21.1 Å². The molecular weight excluding hydrogens is 474 g/mol. The maximum atomic E-state index is 12.7. The number of piperazine rings is 1. The maximum Gasteiger partial charge on any atom is 0.234 e. The molecule has 10 heteroatoms. The first-order chi connectivity index (χ1) is 16.6. The summed E-state index contributed by atoms with van der Waals surface area (Å²) in [6, 6.07) is 13.6. The normalized spacial score (nSPS) is 13.5. The van der Waals surface area contributed by atoms with Gasteiger partial charge >= 0.3 is 0 Å². The number of hydrogen-bond donors (Lipinski definition) is 1. The Morgan fingerprint density at radius 2 is 1.68 bits per heavy atom. The third kappa shape index (κ3) is 5.66. The maximum absolute atomic E-state index is 12.7. The van der Waals surface area contributed by atoms with Crippen LogP contribution in [0.5, 0.6) is 11.5 Å². The molecule has 0 aliphatic carbocycles. The molecule has 0 radical (unpaired) electrons. The number of thioether (sulfide) groups is 1. The molecule has 2 heterocycles. The van der Waals surface area contributed by atoms with Crippen LogP contribution in [0.2, 0.25) is 5.02 Å². The number of rotatable bonds is 8. The predicted octanol–water partition coefficient (Wildman–Crippen LogP) is 4.20. The van der Waals surface area contributed by atoms with Crippen LogP contribution in [0.1, 0.15) is 0 Å². The summed E-state index contributed by atoms with van der Waals surface area (Å²) in [5.41, 5.74) is 1.71. The zero-order valence-electron chi connectivity index (χ0n) is 19.0. The van der Waals surface area contributed by atoms with E-state index in [0.717, 1.165) is 37.0 Å². The van der Waals surface area contributed by atoms with Crippen molar-refractivity contribution < 1.29 is 14.3 Å². The Hall–Kier alpha value is -3.17. The SMILES string of the molecule is COc1cc(OC)c(NC(=O)CSc2nccnc2N2CCN(c3ccccc3)CC2)cc1Cl. The van der Waals surface area contributed by atoms with E-state index in [0.29, 0.717) is 22.2 Å². The Kier molecular flexibility index (Phi) is 7.97. The van der Waals surface area contributed by atoms with Crippen LogP contribution in [0.3, 0.4) is 0 Å². The third-order valence-electron chi connectivity index (χ3n) is 5.44. The van der Waals surface area contributed by atoms with Crippen molar-refractivity contribution >= 4 is 46.5 Å². The van der Waals surface area contributed by atoms with Gasteiger partial charge in [0, 0.05) is 50.3 Å². The number of hydrogen-bond acceptors (Lipinski definition) is 8. The van der Waals surface area contributed by atoms with Gasteiger partial charge in [-0.05, 0) is 18.2 Å². The number of carbonyl (C=O) groups excluding carboxylic acids is 1. The molecule has 1 aliphatic heterocycles. The zero-order chi connectivity index (χ0) is 23.9. The molecule has 1 amide bonds. The highest BCUT2D eigenvalue weighted by atomic mass is 35.5. The lowest BCUT2D eigenvalue weighted by Crippen LogP contribution is -2.47. The van der Waals surface area contributed by atoms with Crippen molar-refractivity contribution in [1.82, 2.24) is 9.97 Å². The Morgan fingerprint density at radius 1 is 1.00 bits per heavy atom. The van der Waals surface area contributed by atoms with E-state index in [1.807, 2.05) is 6.07 Å². The van der Waals surface area contributed by atoms with Crippen molar-refractivity contribution in [1.29, 1.82) is 0 Å². The number of benzene rings is 2. The van der Waals surface area contributed by atoms with Crippen molar-refractivity contribution in [3.05, 3.63) is 59.9 Å². The van der Waals surface area contributed by atoms with Gasteiger partial charge < -0.3 is 24.6 Å². The number of halogens is 1. The quantitative estimate of drug-likeness (QED) is 0.462. The average Bonchev–Trinajstić information content (AvgIpc) is 2.88. The molecule has 8 nitrogen and oxygen atoms in total. The zero-order valence-corrected chi connectivity index (χ0v) is 20.6. The van der Waals surface area contributed by atoms with Crippen LogP contribution < -0.4 is 24.6 Å². The monoisotopic (exact) mass is 499 g/mol. The predicted molar refractivity (Wildman–Crippen MR) is 137 cm³/mol. The molecule has 2 aromatic carbocycles. The summed E-state index contributed by atoms with van der Waals surface area (Å²) >= 11 is 7.56. The van der Waals surface area contributed by atoms with Gasteiger partial charge in [0.2, 0.25) is 5.91 Å². The van der Waals surface area contributed by atoms with Gasteiger partial charge in [0.25, 0.3) is 0 Å². The molecule has 1 N–H and O–H groups in total. The molecule has 1 fully saturated rings. The molecule has 1 saturated heterocycles. The largest absolute Gasteiger partial charge is 0.495 e. The fourth-order valence-electron chi connectivity index (χ4n) is 3.73. The summed E-state index contributed by atoms with van der Waals surface area (Å²) in [7, 11) is 3.05. The second-order valence-corrected chi connectivity index (χ2v) is 8.89. The molecule has 0 atom stereocenters. The Bertz CT molecular complexity index is 1130. The molecule has 178 valence electrons. The van der Waals surface area contributed by atoms with Gasteiger partial charge in [-0.3, -0.25) is 4.79 Å². The van der Waals surface area contributed by atoms with Gasteiger partial charge in [0.1, 0.15) is 16.5 Å². The van der Waals surface area contributed by atoms with Crippen molar-refractivity contribution in [2.24, 2.45) is 0 Å². The fraction of sp³-hybridized carbons (Fsp3) is 0.292. The van der Waals surface area contributed by atoms with Crippen molar-refractivity contribution in [3.8, 4) is 11.5 Å². The number of nitrogens with zero attached hydrogens (tertiary/aromatic N) is 4. The van der Waals surface area contributed by atoms with E-state index >= 15 is 0 Å². The summed E-state index contributed by atoms with van der Waals surface area (Å²) in [4.78, 5) is 26.3. The van der Waals surface area contributed by atoms with Gasteiger partial charge in [-0.15, -0.1) is 0 Å². The Morgan fingerprint density at radius 3 is 2.38 bits per heavy atom. The van der Waals surface area contributed by atoms with E-state index in [1.54, 1.807) is 24.5 Å². The molecule has 0 spiro atoms. The smallest absolute Gasteiger partial charge is 0.234 e. The van der Waals surface area contributed by atoms with Crippen molar-refractivity contribution in [2.45, 2.75) is 5.03 Å². The fourth-order valence-corrected chi connectivity index (χ4v) is 4.76. The van der Waals surface area contributed by atoms with Crippen LogP contribution in [0.4, 0.5) is 17.2 Å². The summed E-state index contributed by atoms with van der Waals surface area (Å²) in [5.74, 6) is 1.72. The first kappa shape index (κ1) is 24.0. The molecular formula is C24H26ClN5O3S. The van der Waals surface area contributed by atoms with Gasteiger partial charge in [-0.25, -0.2) is 9.97 Å². The lowest BCUT2D eigenvalue weighted by Gasteiger charge is -2.37. The second kappa shape index (κ2) is 11.3. The number of amides is 1. The molecule has 0 saturated carbocycles. The number of methoxy groups -OCH3 is 2. The van der Waals surface area contributed by atoms with Crippen LogP contribution >= 0.6 is 23.4 Å². The van der Waals surface area contributed by atoms with Gasteiger partial charge in [0.05, 0.1) is 30.7 Å². The number of anilines is 3. The van der Waals surface area contributed by atoms with E-state index < -0.39 is 0 Å². The highest BCUT2D eigenvalue weighted by Crippen LogP contribution is 2.36. The number of para-hydroxylation sites is 1. The van der Waals surface area contributed by atoms with Gasteiger partial charge in [-0.2, -0.15) is 0 Å². The number of carbonyl (C=O) groups is 1. The number of ether oxygens (including phenoxy) is 2. The standard InChI is InChI=1S/C24H26ClN5O3S/c1-32-20-15-21(33-2)19(14-18(20)25)28-22(31)16-34-24-23(26-8-9-27-24)30-12-10-29(11-13-30)17-6-4-3-5-7-17/h3-9,14-15H,10-13,16H2,1-2H3,(H,28,31). The second-order valence-electron chi connectivity index (χ2n) is 7.52. The summed E-state index contributed by atoms with van der Waals surface area (Å²) < 4.78 is 10.6. The Labute approximate surface area is 208 Å². The summed E-state index contributed by atoms with van der Waals surface area (Å²) in [6.45, 7) is 3.44. The minimum atomic E-state index is -0.199. The lowest BCUT2D eigenvalue weighted by molar-refractivity contribution is -0.113. The first-order valence-corrected chi connectivity index (χ1v) is 12.2. The first-order valence-electron chi connectivity index (χ1n) is 10.8. The van der Waals surface area contributed by atoms with Gasteiger partial charge in [-0.1, -0.05) is 41.6 Å². The van der Waals surface area contributed by atoms with E-state index in [1.165, 1.54) is 31.7 Å². The van der Waals surface area contributed by atoms with Crippen LogP contribution in [0.15, 0.2) is 59.9 Å².